The number of ether oxygens (including phenoxy) is 1. The van der Waals surface area contributed by atoms with Crippen LogP contribution in [0.1, 0.15) is 18.4 Å². The van der Waals surface area contributed by atoms with Crippen LogP contribution in [0.15, 0.2) is 24.3 Å². The van der Waals surface area contributed by atoms with Crippen molar-refractivity contribution >= 4 is 6.29 Å². The zero-order valence-electron chi connectivity index (χ0n) is 7.82. The summed E-state index contributed by atoms with van der Waals surface area (Å²) >= 11 is 0. The van der Waals surface area contributed by atoms with Gasteiger partial charge in [-0.25, -0.2) is 0 Å². The number of unbranched alkanes of at least 4 members (excludes halogenated alkanes) is 1. The van der Waals surface area contributed by atoms with Crippen LogP contribution in [0, 0.1) is 0 Å². The second-order valence-corrected chi connectivity index (χ2v) is 2.91. The fraction of sp³-hybridized carbons (Fsp3) is 0.364. The van der Waals surface area contributed by atoms with Crippen molar-refractivity contribution in [1.82, 2.24) is 0 Å². The molecule has 0 saturated carbocycles. The van der Waals surface area contributed by atoms with Gasteiger partial charge < -0.3 is 9.53 Å². The molecule has 2 nitrogen and oxygen atoms in total. The molecule has 13 heavy (non-hydrogen) atoms. The monoisotopic (exact) mass is 178 g/mol. The Bertz CT molecular complexity index is 269. The summed E-state index contributed by atoms with van der Waals surface area (Å²) in [5, 5.41) is 0. The number of methoxy groups -OCH3 is 1. The number of rotatable bonds is 5. The molecule has 0 fully saturated rings. The lowest BCUT2D eigenvalue weighted by atomic mass is 10.1. The maximum atomic E-state index is 10.1. The first kappa shape index (κ1) is 9.78. The number of carbonyl (C=O) groups excluding carboxylic acids is 1. The molecule has 0 unspecified atom stereocenters. The number of carbonyl (C=O) groups is 1. The second-order valence-electron chi connectivity index (χ2n) is 2.91. The third-order valence-corrected chi connectivity index (χ3v) is 1.92. The van der Waals surface area contributed by atoms with Gasteiger partial charge in [0.15, 0.2) is 0 Å². The number of hydrogen-bond acceptors (Lipinski definition) is 2. The molecule has 1 rings (SSSR count). The Morgan fingerprint density at radius 1 is 1.46 bits per heavy atom. The molecule has 1 aromatic rings. The Labute approximate surface area is 78.5 Å². The maximum Gasteiger partial charge on any atom is 0.120 e. The molecule has 0 radical (unpaired) electrons. The van der Waals surface area contributed by atoms with Gasteiger partial charge in [-0.15, -0.1) is 0 Å². The van der Waals surface area contributed by atoms with E-state index < -0.39 is 0 Å². The van der Waals surface area contributed by atoms with Crippen molar-refractivity contribution in [2.45, 2.75) is 19.3 Å². The molecular formula is C11H14O2. The zero-order valence-corrected chi connectivity index (χ0v) is 7.82. The van der Waals surface area contributed by atoms with E-state index >= 15 is 0 Å². The van der Waals surface area contributed by atoms with Gasteiger partial charge in [-0.2, -0.15) is 0 Å². The number of aryl methyl sites for hydroxylation is 1. The van der Waals surface area contributed by atoms with E-state index in [9.17, 15) is 4.79 Å². The predicted molar refractivity (Wildman–Crippen MR) is 52.0 cm³/mol. The minimum absolute atomic E-state index is 0.636. The number of hydrogen-bond donors (Lipinski definition) is 0. The Morgan fingerprint density at radius 2 is 2.31 bits per heavy atom. The van der Waals surface area contributed by atoms with Gasteiger partial charge in [0.25, 0.3) is 0 Å². The van der Waals surface area contributed by atoms with Gasteiger partial charge in [0, 0.05) is 6.42 Å². The lowest BCUT2D eigenvalue weighted by Gasteiger charge is -2.02. The number of aldehydes is 1. The summed E-state index contributed by atoms with van der Waals surface area (Å²) in [7, 11) is 1.66. The predicted octanol–water partition coefficient (Wildman–Crippen LogP) is 2.22. The van der Waals surface area contributed by atoms with Crippen LogP contribution in [0.5, 0.6) is 5.75 Å². The van der Waals surface area contributed by atoms with Crippen LogP contribution in [-0.4, -0.2) is 13.4 Å². The molecule has 0 spiro atoms. The van der Waals surface area contributed by atoms with Crippen molar-refractivity contribution in [1.29, 1.82) is 0 Å². The third-order valence-electron chi connectivity index (χ3n) is 1.92. The molecule has 0 bridgehead atoms. The highest BCUT2D eigenvalue weighted by Gasteiger charge is 1.95. The van der Waals surface area contributed by atoms with Crippen molar-refractivity contribution in [3.8, 4) is 5.75 Å². The second kappa shape index (κ2) is 5.36. The molecule has 2 heteroatoms. The summed E-state index contributed by atoms with van der Waals surface area (Å²) in [6.45, 7) is 0. The van der Waals surface area contributed by atoms with E-state index in [1.54, 1.807) is 7.11 Å². The lowest BCUT2D eigenvalue weighted by molar-refractivity contribution is -0.107. The van der Waals surface area contributed by atoms with Gasteiger partial charge in [0.2, 0.25) is 0 Å². The molecule has 0 heterocycles. The van der Waals surface area contributed by atoms with Crippen molar-refractivity contribution in [3.05, 3.63) is 29.8 Å². The van der Waals surface area contributed by atoms with Crippen LogP contribution in [-0.2, 0) is 11.2 Å². The molecule has 0 saturated heterocycles. The van der Waals surface area contributed by atoms with Crippen molar-refractivity contribution in [2.75, 3.05) is 7.11 Å². The molecule has 0 aliphatic heterocycles. The standard InChI is InChI=1S/C11H14O2/c1-13-11-7-4-6-10(9-11)5-2-3-8-12/h4,6-9H,2-3,5H2,1H3. The average Bonchev–Trinajstić information content (AvgIpc) is 2.19. The van der Waals surface area contributed by atoms with Gasteiger partial charge in [0.05, 0.1) is 7.11 Å². The molecule has 0 aliphatic carbocycles. The molecule has 0 N–H and O–H groups in total. The van der Waals surface area contributed by atoms with Crippen LogP contribution in [0.4, 0.5) is 0 Å². The first-order valence-corrected chi connectivity index (χ1v) is 4.43. The Kier molecular flexibility index (Phi) is 4.03. The van der Waals surface area contributed by atoms with Crippen LogP contribution in [0.3, 0.4) is 0 Å². The first-order valence-electron chi connectivity index (χ1n) is 4.43. The SMILES string of the molecule is COc1cccc(CCCC=O)c1. The van der Waals surface area contributed by atoms with Gasteiger partial charge in [0.1, 0.15) is 12.0 Å². The molecule has 0 aliphatic rings. The van der Waals surface area contributed by atoms with E-state index in [0.29, 0.717) is 6.42 Å². The van der Waals surface area contributed by atoms with E-state index in [4.69, 9.17) is 4.74 Å². The Morgan fingerprint density at radius 3 is 3.00 bits per heavy atom. The molecule has 0 atom stereocenters. The zero-order chi connectivity index (χ0) is 9.52. The molecule has 0 amide bonds. The van der Waals surface area contributed by atoms with E-state index in [1.807, 2.05) is 24.3 Å². The first-order chi connectivity index (χ1) is 6.36. The Balaban J connectivity index is 2.50. The summed E-state index contributed by atoms with van der Waals surface area (Å²) < 4.78 is 5.09. The topological polar surface area (TPSA) is 26.3 Å². The lowest BCUT2D eigenvalue weighted by Crippen LogP contribution is -1.88. The van der Waals surface area contributed by atoms with Crippen LogP contribution < -0.4 is 4.74 Å². The maximum absolute atomic E-state index is 10.1. The third kappa shape index (κ3) is 3.28. The van der Waals surface area contributed by atoms with Crippen LogP contribution in [0.25, 0.3) is 0 Å². The van der Waals surface area contributed by atoms with E-state index in [0.717, 1.165) is 24.9 Å². The van der Waals surface area contributed by atoms with Gasteiger partial charge in [-0.05, 0) is 30.5 Å². The highest BCUT2D eigenvalue weighted by atomic mass is 16.5. The summed E-state index contributed by atoms with van der Waals surface area (Å²) in [4.78, 5) is 10.1. The van der Waals surface area contributed by atoms with Gasteiger partial charge in [-0.3, -0.25) is 0 Å². The average molecular weight is 178 g/mol. The van der Waals surface area contributed by atoms with Crippen molar-refractivity contribution < 1.29 is 9.53 Å². The van der Waals surface area contributed by atoms with E-state index in [1.165, 1.54) is 5.56 Å². The fourth-order valence-electron chi connectivity index (χ4n) is 1.22. The fourth-order valence-corrected chi connectivity index (χ4v) is 1.22. The van der Waals surface area contributed by atoms with Gasteiger partial charge in [-0.1, -0.05) is 12.1 Å². The minimum Gasteiger partial charge on any atom is -0.497 e. The van der Waals surface area contributed by atoms with Crippen LogP contribution in [0.2, 0.25) is 0 Å². The van der Waals surface area contributed by atoms with Crippen molar-refractivity contribution in [2.24, 2.45) is 0 Å². The van der Waals surface area contributed by atoms with Crippen molar-refractivity contribution in [3.63, 3.8) is 0 Å². The Hall–Kier alpha value is -1.31. The van der Waals surface area contributed by atoms with Crippen LogP contribution >= 0.6 is 0 Å². The molecule has 1 aromatic carbocycles. The molecule has 70 valence electrons. The normalized spacial score (nSPS) is 9.62. The molecular weight excluding hydrogens is 164 g/mol. The van der Waals surface area contributed by atoms with E-state index in [2.05, 4.69) is 0 Å². The summed E-state index contributed by atoms with van der Waals surface area (Å²) in [5.74, 6) is 0.878. The summed E-state index contributed by atoms with van der Waals surface area (Å²) in [6.07, 6.45) is 3.45. The summed E-state index contributed by atoms with van der Waals surface area (Å²) in [5.41, 5.74) is 1.22. The summed E-state index contributed by atoms with van der Waals surface area (Å²) in [6, 6.07) is 7.94. The quantitative estimate of drug-likeness (QED) is 0.510. The largest absolute Gasteiger partial charge is 0.497 e. The highest BCUT2D eigenvalue weighted by Crippen LogP contribution is 2.13. The van der Waals surface area contributed by atoms with Gasteiger partial charge >= 0.3 is 0 Å². The number of benzene rings is 1. The van der Waals surface area contributed by atoms with E-state index in [-0.39, 0.29) is 0 Å². The minimum atomic E-state index is 0.636. The smallest absolute Gasteiger partial charge is 0.120 e. The highest BCUT2D eigenvalue weighted by molar-refractivity contribution is 5.49. The molecule has 0 aromatic heterocycles.